The average Bonchev–Trinajstić information content (AvgIpc) is 2.26. The van der Waals surface area contributed by atoms with Crippen LogP contribution in [0.2, 0.25) is 0 Å². The van der Waals surface area contributed by atoms with Crippen molar-refractivity contribution in [1.29, 1.82) is 0 Å². The fourth-order valence-corrected chi connectivity index (χ4v) is 3.17. The van der Waals surface area contributed by atoms with Crippen molar-refractivity contribution in [3.8, 4) is 0 Å². The van der Waals surface area contributed by atoms with Crippen LogP contribution < -0.4 is 5.32 Å². The third kappa shape index (κ3) is 5.36. The number of likely N-dealkylation sites (tertiary alicyclic amines) is 1. The highest BCUT2D eigenvalue weighted by atomic mass is 32.2. The van der Waals surface area contributed by atoms with Gasteiger partial charge in [-0.3, -0.25) is 4.90 Å². The molecule has 1 aliphatic heterocycles. The van der Waals surface area contributed by atoms with Gasteiger partial charge in [0.05, 0.1) is 5.75 Å². The lowest BCUT2D eigenvalue weighted by atomic mass is 9.96. The van der Waals surface area contributed by atoms with E-state index in [9.17, 15) is 8.42 Å². The highest BCUT2D eigenvalue weighted by Gasteiger charge is 2.27. The Bertz CT molecular complexity index is 316. The zero-order chi connectivity index (χ0) is 12.9. The number of sulfone groups is 1. The molecule has 1 fully saturated rings. The minimum Gasteiger partial charge on any atom is -0.313 e. The molecule has 1 rings (SSSR count). The number of likely N-dealkylation sites (N-methyl/N-ethyl adjacent to an activating group) is 1. The summed E-state index contributed by atoms with van der Waals surface area (Å²) < 4.78 is 22.5. The van der Waals surface area contributed by atoms with Crippen molar-refractivity contribution in [2.75, 3.05) is 31.6 Å². The Morgan fingerprint density at radius 2 is 2.12 bits per heavy atom. The molecule has 0 amide bonds. The topological polar surface area (TPSA) is 49.4 Å². The van der Waals surface area contributed by atoms with Crippen molar-refractivity contribution in [3.05, 3.63) is 0 Å². The minimum absolute atomic E-state index is 0.280. The predicted octanol–water partition coefficient (Wildman–Crippen LogP) is 0.884. The van der Waals surface area contributed by atoms with Gasteiger partial charge < -0.3 is 5.32 Å². The molecule has 0 spiro atoms. The zero-order valence-corrected chi connectivity index (χ0v) is 12.1. The van der Waals surface area contributed by atoms with E-state index in [1.807, 2.05) is 0 Å². The number of nitrogens with one attached hydrogen (secondary N) is 1. The number of hydrogen-bond donors (Lipinski definition) is 1. The first-order valence-electron chi connectivity index (χ1n) is 6.59. The van der Waals surface area contributed by atoms with Gasteiger partial charge in [0, 0.05) is 24.9 Å². The first kappa shape index (κ1) is 14.9. The second-order valence-corrected chi connectivity index (χ2v) is 7.34. The molecule has 0 aromatic carbocycles. The Hall–Kier alpha value is -0.130. The van der Waals surface area contributed by atoms with E-state index in [-0.39, 0.29) is 5.75 Å². The molecule has 0 aliphatic carbocycles. The van der Waals surface area contributed by atoms with Gasteiger partial charge in [0.15, 0.2) is 0 Å². The van der Waals surface area contributed by atoms with E-state index in [0.717, 1.165) is 13.1 Å². The lowest BCUT2D eigenvalue weighted by Gasteiger charge is -2.39. The van der Waals surface area contributed by atoms with Crippen molar-refractivity contribution < 1.29 is 8.42 Å². The van der Waals surface area contributed by atoms with E-state index in [4.69, 9.17) is 0 Å². The smallest absolute Gasteiger partial charge is 0.148 e. The normalized spacial score (nSPS) is 24.8. The van der Waals surface area contributed by atoms with Gasteiger partial charge in [-0.15, -0.1) is 0 Å². The van der Waals surface area contributed by atoms with Gasteiger partial charge in [0.25, 0.3) is 0 Å². The fraction of sp³-hybridized carbons (Fsp3) is 1.00. The molecule has 1 aliphatic rings. The molecular weight excluding hydrogens is 236 g/mol. The first-order chi connectivity index (χ1) is 7.94. The molecule has 2 atom stereocenters. The van der Waals surface area contributed by atoms with Crippen LogP contribution in [-0.4, -0.2) is 57.0 Å². The third-order valence-electron chi connectivity index (χ3n) is 3.52. The maximum Gasteiger partial charge on any atom is 0.148 e. The van der Waals surface area contributed by atoms with Crippen molar-refractivity contribution in [3.63, 3.8) is 0 Å². The lowest BCUT2D eigenvalue weighted by molar-refractivity contribution is 0.127. The van der Waals surface area contributed by atoms with Crippen molar-refractivity contribution in [2.24, 2.45) is 0 Å². The second-order valence-electron chi connectivity index (χ2n) is 5.08. The van der Waals surface area contributed by atoms with Gasteiger partial charge in [0.2, 0.25) is 0 Å². The summed E-state index contributed by atoms with van der Waals surface area (Å²) in [6, 6.07) is 0.935. The highest BCUT2D eigenvalue weighted by Crippen LogP contribution is 2.19. The first-order valence-corrected chi connectivity index (χ1v) is 8.65. The molecule has 0 aromatic rings. The molecule has 17 heavy (non-hydrogen) atoms. The number of nitrogens with zero attached hydrogens (tertiary/aromatic N) is 1. The van der Waals surface area contributed by atoms with Crippen LogP contribution in [-0.2, 0) is 9.84 Å². The fourth-order valence-electron chi connectivity index (χ4n) is 2.60. The molecule has 102 valence electrons. The van der Waals surface area contributed by atoms with Crippen molar-refractivity contribution in [1.82, 2.24) is 10.2 Å². The molecule has 5 heteroatoms. The molecule has 0 aromatic heterocycles. The molecular formula is C12H26N2O2S. The van der Waals surface area contributed by atoms with Gasteiger partial charge in [-0.1, -0.05) is 13.3 Å². The zero-order valence-electron chi connectivity index (χ0n) is 11.3. The minimum atomic E-state index is -2.85. The summed E-state index contributed by atoms with van der Waals surface area (Å²) in [6.45, 7) is 7.00. The van der Waals surface area contributed by atoms with E-state index in [2.05, 4.69) is 24.1 Å². The SMILES string of the molecule is CCNC(C)C1CCCCN1CCS(C)(=O)=O. The summed E-state index contributed by atoms with van der Waals surface area (Å²) in [5.41, 5.74) is 0. The molecule has 4 nitrogen and oxygen atoms in total. The Morgan fingerprint density at radius 3 is 2.71 bits per heavy atom. The number of hydrogen-bond acceptors (Lipinski definition) is 4. The summed E-state index contributed by atoms with van der Waals surface area (Å²) in [7, 11) is -2.85. The summed E-state index contributed by atoms with van der Waals surface area (Å²) >= 11 is 0. The van der Waals surface area contributed by atoms with Crippen molar-refractivity contribution in [2.45, 2.75) is 45.2 Å². The Kier molecular flexibility index (Phi) is 5.89. The largest absolute Gasteiger partial charge is 0.313 e. The van der Waals surface area contributed by atoms with E-state index in [1.54, 1.807) is 0 Å². The van der Waals surface area contributed by atoms with Crippen molar-refractivity contribution >= 4 is 9.84 Å². The third-order valence-corrected chi connectivity index (χ3v) is 4.44. The number of rotatable bonds is 6. The molecule has 1 N–H and O–H groups in total. The van der Waals surface area contributed by atoms with Gasteiger partial charge in [-0.05, 0) is 32.9 Å². The quantitative estimate of drug-likeness (QED) is 0.772. The van der Waals surface area contributed by atoms with Crippen LogP contribution in [0, 0.1) is 0 Å². The van der Waals surface area contributed by atoms with Crippen LogP contribution in [0.15, 0.2) is 0 Å². The van der Waals surface area contributed by atoms with E-state index in [1.165, 1.54) is 25.5 Å². The molecule has 0 saturated carbocycles. The molecule has 0 radical (unpaired) electrons. The summed E-state index contributed by atoms with van der Waals surface area (Å²) in [6.07, 6.45) is 4.95. The highest BCUT2D eigenvalue weighted by molar-refractivity contribution is 7.90. The van der Waals surface area contributed by atoms with Crippen LogP contribution in [0.3, 0.4) is 0 Å². The summed E-state index contributed by atoms with van der Waals surface area (Å²) in [5.74, 6) is 0.280. The van der Waals surface area contributed by atoms with Crippen LogP contribution in [0.5, 0.6) is 0 Å². The maximum atomic E-state index is 11.2. The van der Waals surface area contributed by atoms with Gasteiger partial charge >= 0.3 is 0 Å². The van der Waals surface area contributed by atoms with Gasteiger partial charge in [-0.2, -0.15) is 0 Å². The van der Waals surface area contributed by atoms with Crippen LogP contribution in [0.1, 0.15) is 33.1 Å². The van der Waals surface area contributed by atoms with Crippen LogP contribution in [0.4, 0.5) is 0 Å². The molecule has 1 saturated heterocycles. The van der Waals surface area contributed by atoms with E-state index in [0.29, 0.717) is 18.6 Å². The monoisotopic (exact) mass is 262 g/mol. The Morgan fingerprint density at radius 1 is 1.41 bits per heavy atom. The lowest BCUT2D eigenvalue weighted by Crippen LogP contribution is -2.52. The summed E-state index contributed by atoms with van der Waals surface area (Å²) in [5, 5.41) is 3.45. The second kappa shape index (κ2) is 6.71. The van der Waals surface area contributed by atoms with Crippen LogP contribution in [0.25, 0.3) is 0 Å². The predicted molar refractivity (Wildman–Crippen MR) is 72.1 cm³/mol. The van der Waals surface area contributed by atoms with Gasteiger partial charge in [-0.25, -0.2) is 8.42 Å². The Labute approximate surface area is 106 Å². The van der Waals surface area contributed by atoms with E-state index < -0.39 is 9.84 Å². The Balaban J connectivity index is 2.53. The standard InChI is InChI=1S/C12H26N2O2S/c1-4-13-11(2)12-7-5-6-8-14(12)9-10-17(3,15)16/h11-13H,4-10H2,1-3H3. The maximum absolute atomic E-state index is 11.2. The van der Waals surface area contributed by atoms with E-state index >= 15 is 0 Å². The number of piperidine rings is 1. The molecule has 0 bridgehead atoms. The molecule has 1 heterocycles. The van der Waals surface area contributed by atoms with Gasteiger partial charge in [0.1, 0.15) is 9.84 Å². The average molecular weight is 262 g/mol. The summed E-state index contributed by atoms with van der Waals surface area (Å²) in [4.78, 5) is 2.35. The van der Waals surface area contributed by atoms with Crippen LogP contribution >= 0.6 is 0 Å². The molecule has 2 unspecified atom stereocenters.